The van der Waals surface area contributed by atoms with E-state index < -0.39 is 0 Å². The molecule has 0 fully saturated rings. The van der Waals surface area contributed by atoms with Crippen molar-refractivity contribution in [2.45, 2.75) is 19.9 Å². The summed E-state index contributed by atoms with van der Waals surface area (Å²) in [6, 6.07) is 2.18. The molecule has 0 saturated heterocycles. The number of nitrogens with one attached hydrogen (secondary N) is 1. The quantitative estimate of drug-likeness (QED) is 0.821. The lowest BCUT2D eigenvalue weighted by Gasteiger charge is -2.26. The summed E-state index contributed by atoms with van der Waals surface area (Å²) in [4.78, 5) is 6.30. The Morgan fingerprint density at radius 3 is 2.47 bits per heavy atom. The number of ether oxygens (including phenoxy) is 2. The Hall–Kier alpha value is -1.49. The Morgan fingerprint density at radius 2 is 2.00 bits per heavy atom. The van der Waals surface area contributed by atoms with Crippen molar-refractivity contribution in [3.63, 3.8) is 0 Å². The van der Waals surface area contributed by atoms with E-state index in [4.69, 9.17) is 9.47 Å². The van der Waals surface area contributed by atoms with Gasteiger partial charge in [-0.3, -0.25) is 0 Å². The van der Waals surface area contributed by atoms with Crippen LogP contribution in [-0.2, 0) is 4.74 Å². The highest BCUT2D eigenvalue weighted by atomic mass is 16.5. The van der Waals surface area contributed by atoms with Crippen LogP contribution in [0, 0.1) is 5.92 Å². The fourth-order valence-corrected chi connectivity index (χ4v) is 1.86. The molecule has 1 heterocycles. The van der Waals surface area contributed by atoms with Gasteiger partial charge in [0.2, 0.25) is 5.88 Å². The number of anilines is 2. The lowest BCUT2D eigenvalue weighted by atomic mass is 10.0. The molecule has 1 atom stereocenters. The fraction of sp³-hybridized carbons (Fsp3) is 0.643. The normalized spacial score (nSPS) is 12.4. The maximum Gasteiger partial charge on any atom is 0.239 e. The molecular weight excluding hydrogens is 242 g/mol. The molecule has 108 valence electrons. The van der Waals surface area contributed by atoms with Gasteiger partial charge in [-0.1, -0.05) is 13.8 Å². The van der Waals surface area contributed by atoms with Crippen LogP contribution in [0.1, 0.15) is 13.8 Å². The van der Waals surface area contributed by atoms with Crippen LogP contribution in [0.25, 0.3) is 0 Å². The van der Waals surface area contributed by atoms with Crippen molar-refractivity contribution < 1.29 is 9.47 Å². The van der Waals surface area contributed by atoms with Gasteiger partial charge in [-0.2, -0.15) is 0 Å². The first-order valence-corrected chi connectivity index (χ1v) is 6.47. The molecule has 0 radical (unpaired) electrons. The monoisotopic (exact) mass is 267 g/mol. The van der Waals surface area contributed by atoms with Crippen LogP contribution in [0.5, 0.6) is 5.88 Å². The maximum atomic E-state index is 5.35. The zero-order chi connectivity index (χ0) is 14.4. The van der Waals surface area contributed by atoms with Crippen LogP contribution in [0.15, 0.2) is 12.3 Å². The van der Waals surface area contributed by atoms with Gasteiger partial charge >= 0.3 is 0 Å². The third-order valence-corrected chi connectivity index (χ3v) is 3.05. The van der Waals surface area contributed by atoms with Gasteiger partial charge in [0.1, 0.15) is 5.69 Å². The first-order valence-electron chi connectivity index (χ1n) is 6.47. The Balaban J connectivity index is 3.08. The third kappa shape index (κ3) is 3.99. The average molecular weight is 267 g/mol. The minimum absolute atomic E-state index is 0.210. The number of methoxy groups -OCH3 is 2. The Bertz CT molecular complexity index is 394. The summed E-state index contributed by atoms with van der Waals surface area (Å²) in [5, 5.41) is 3.49. The number of pyridine rings is 1. The molecule has 0 aromatic carbocycles. The molecule has 1 aromatic rings. The summed E-state index contributed by atoms with van der Waals surface area (Å²) < 4.78 is 10.6. The molecule has 1 aromatic heterocycles. The summed E-state index contributed by atoms with van der Waals surface area (Å²) in [5.74, 6) is 1.05. The SMILES string of the molecule is COCC(Nc1c(N(C)C)ccnc1OC)C(C)C. The Labute approximate surface area is 115 Å². The Kier molecular flexibility index (Phi) is 5.89. The van der Waals surface area contributed by atoms with E-state index in [1.165, 1.54) is 0 Å². The molecular formula is C14H25N3O2. The zero-order valence-electron chi connectivity index (χ0n) is 12.7. The van der Waals surface area contributed by atoms with E-state index in [1.807, 2.05) is 25.1 Å². The van der Waals surface area contributed by atoms with E-state index in [9.17, 15) is 0 Å². The van der Waals surface area contributed by atoms with Crippen molar-refractivity contribution in [1.82, 2.24) is 4.98 Å². The van der Waals surface area contributed by atoms with Crippen molar-refractivity contribution in [2.75, 3.05) is 45.1 Å². The highest BCUT2D eigenvalue weighted by Gasteiger charge is 2.19. The van der Waals surface area contributed by atoms with Gasteiger partial charge in [-0.15, -0.1) is 0 Å². The van der Waals surface area contributed by atoms with Crippen molar-refractivity contribution in [3.05, 3.63) is 12.3 Å². The largest absolute Gasteiger partial charge is 0.479 e. The molecule has 19 heavy (non-hydrogen) atoms. The summed E-state index contributed by atoms with van der Waals surface area (Å²) in [7, 11) is 7.35. The molecule has 1 N–H and O–H groups in total. The number of hydrogen-bond acceptors (Lipinski definition) is 5. The first-order chi connectivity index (χ1) is 9.01. The van der Waals surface area contributed by atoms with Crippen molar-refractivity contribution >= 4 is 11.4 Å². The van der Waals surface area contributed by atoms with Crippen LogP contribution in [-0.4, -0.2) is 45.9 Å². The van der Waals surface area contributed by atoms with Crippen LogP contribution in [0.2, 0.25) is 0 Å². The Morgan fingerprint density at radius 1 is 1.32 bits per heavy atom. The second-order valence-electron chi connectivity index (χ2n) is 5.06. The van der Waals surface area contributed by atoms with Gasteiger partial charge in [-0.25, -0.2) is 4.98 Å². The predicted octanol–water partition coefficient (Wildman–Crippen LogP) is 2.24. The lowest BCUT2D eigenvalue weighted by molar-refractivity contribution is 0.171. The van der Waals surface area contributed by atoms with E-state index in [0.29, 0.717) is 18.4 Å². The topological polar surface area (TPSA) is 46.6 Å². The third-order valence-electron chi connectivity index (χ3n) is 3.05. The van der Waals surface area contributed by atoms with E-state index in [-0.39, 0.29) is 6.04 Å². The second-order valence-corrected chi connectivity index (χ2v) is 5.06. The number of aromatic nitrogens is 1. The molecule has 1 rings (SSSR count). The second kappa shape index (κ2) is 7.19. The molecule has 0 saturated carbocycles. The highest BCUT2D eigenvalue weighted by molar-refractivity contribution is 5.74. The van der Waals surface area contributed by atoms with Crippen molar-refractivity contribution in [2.24, 2.45) is 5.92 Å². The summed E-state index contributed by atoms with van der Waals surface area (Å²) in [5.41, 5.74) is 1.96. The molecule has 0 aliphatic heterocycles. The average Bonchev–Trinajstić information content (AvgIpc) is 2.37. The maximum absolute atomic E-state index is 5.35. The van der Waals surface area contributed by atoms with Gasteiger partial charge in [0, 0.05) is 27.4 Å². The number of rotatable bonds is 7. The minimum atomic E-state index is 0.210. The minimum Gasteiger partial charge on any atom is -0.479 e. The molecule has 0 aliphatic rings. The molecule has 5 heteroatoms. The summed E-state index contributed by atoms with van der Waals surface area (Å²) in [6.07, 6.45) is 1.75. The smallest absolute Gasteiger partial charge is 0.239 e. The van der Waals surface area contributed by atoms with Crippen molar-refractivity contribution in [3.8, 4) is 5.88 Å². The van der Waals surface area contributed by atoms with Crippen LogP contribution in [0.3, 0.4) is 0 Å². The zero-order valence-corrected chi connectivity index (χ0v) is 12.7. The van der Waals surface area contributed by atoms with Gasteiger partial charge < -0.3 is 19.7 Å². The molecule has 0 amide bonds. The predicted molar refractivity (Wildman–Crippen MR) is 79.2 cm³/mol. The molecule has 1 unspecified atom stereocenters. The van der Waals surface area contributed by atoms with Crippen LogP contribution >= 0.6 is 0 Å². The molecule has 0 bridgehead atoms. The molecule has 0 spiro atoms. The van der Waals surface area contributed by atoms with Gasteiger partial charge in [0.25, 0.3) is 0 Å². The first kappa shape index (κ1) is 15.6. The number of hydrogen-bond donors (Lipinski definition) is 1. The summed E-state index contributed by atoms with van der Waals surface area (Å²) in [6.45, 7) is 4.96. The van der Waals surface area contributed by atoms with E-state index in [2.05, 4.69) is 24.1 Å². The van der Waals surface area contributed by atoms with Crippen molar-refractivity contribution in [1.29, 1.82) is 0 Å². The standard InChI is InChI=1S/C14H25N3O2/c1-10(2)11(9-18-5)16-13-12(17(3)4)7-8-15-14(13)19-6/h7-8,10-11,16H,9H2,1-6H3. The van der Waals surface area contributed by atoms with Crippen LogP contribution < -0.4 is 15.0 Å². The highest BCUT2D eigenvalue weighted by Crippen LogP contribution is 2.33. The lowest BCUT2D eigenvalue weighted by Crippen LogP contribution is -2.31. The van der Waals surface area contributed by atoms with E-state index in [0.717, 1.165) is 11.4 Å². The molecule has 0 aliphatic carbocycles. The van der Waals surface area contributed by atoms with E-state index in [1.54, 1.807) is 20.4 Å². The fourth-order valence-electron chi connectivity index (χ4n) is 1.86. The molecule has 5 nitrogen and oxygen atoms in total. The van der Waals surface area contributed by atoms with Gasteiger partial charge in [-0.05, 0) is 12.0 Å². The summed E-state index contributed by atoms with van der Waals surface area (Å²) >= 11 is 0. The van der Waals surface area contributed by atoms with Crippen LogP contribution in [0.4, 0.5) is 11.4 Å². The number of nitrogens with zero attached hydrogens (tertiary/aromatic N) is 2. The van der Waals surface area contributed by atoms with Gasteiger partial charge in [0.05, 0.1) is 25.4 Å². The van der Waals surface area contributed by atoms with Gasteiger partial charge in [0.15, 0.2) is 0 Å². The van der Waals surface area contributed by atoms with E-state index >= 15 is 0 Å².